The third kappa shape index (κ3) is 7.81. The van der Waals surface area contributed by atoms with Crippen LogP contribution in [0, 0.1) is 0 Å². The molecule has 2 amide bonds. The maximum absolute atomic E-state index is 12.8. The Balaban J connectivity index is 2.18. The minimum atomic E-state index is -1.09. The second-order valence-electron chi connectivity index (χ2n) is 7.46. The quantitative estimate of drug-likeness (QED) is 0.294. The molecule has 0 unspecified atom stereocenters. The molecule has 0 saturated heterocycles. The van der Waals surface area contributed by atoms with Crippen LogP contribution in [-0.2, 0) is 9.59 Å². The predicted molar refractivity (Wildman–Crippen MR) is 132 cm³/mol. The van der Waals surface area contributed by atoms with Crippen LogP contribution >= 0.6 is 21.6 Å². The Morgan fingerprint density at radius 3 is 1.38 bits per heavy atom. The van der Waals surface area contributed by atoms with E-state index in [-0.39, 0.29) is 0 Å². The molecule has 0 heterocycles. The van der Waals surface area contributed by atoms with Gasteiger partial charge in [0.25, 0.3) is 11.8 Å². The van der Waals surface area contributed by atoms with Crippen LogP contribution in [-0.4, -0.2) is 46.0 Å². The third-order valence-electron chi connectivity index (χ3n) is 4.85. The first-order valence-corrected chi connectivity index (χ1v) is 13.0. The van der Waals surface area contributed by atoms with E-state index in [1.54, 1.807) is 48.5 Å². The van der Waals surface area contributed by atoms with Crippen LogP contribution in [0.3, 0.4) is 0 Å². The Morgan fingerprint density at radius 2 is 1.06 bits per heavy atom. The lowest BCUT2D eigenvalue weighted by Crippen LogP contribution is -2.40. The first-order valence-electron chi connectivity index (χ1n) is 10.9. The van der Waals surface area contributed by atoms with E-state index in [4.69, 9.17) is 0 Å². The molecule has 0 radical (unpaired) electrons. The van der Waals surface area contributed by atoms with Gasteiger partial charge in [-0.15, -0.1) is 0 Å². The van der Waals surface area contributed by atoms with Crippen molar-refractivity contribution in [2.75, 3.05) is 0 Å². The molecule has 8 nitrogen and oxygen atoms in total. The van der Waals surface area contributed by atoms with E-state index in [9.17, 15) is 29.4 Å². The molecule has 10 heteroatoms. The van der Waals surface area contributed by atoms with E-state index in [1.807, 2.05) is 13.8 Å². The van der Waals surface area contributed by atoms with E-state index in [2.05, 4.69) is 10.6 Å². The number of carbonyl (C=O) groups excluding carboxylic acids is 2. The van der Waals surface area contributed by atoms with Gasteiger partial charge >= 0.3 is 11.9 Å². The average Bonchev–Trinajstić information content (AvgIpc) is 2.82. The molecule has 0 spiro atoms. The second kappa shape index (κ2) is 13.7. The first kappa shape index (κ1) is 27.3. The van der Waals surface area contributed by atoms with Gasteiger partial charge in [0.2, 0.25) is 0 Å². The monoisotopic (exact) mass is 504 g/mol. The number of rotatable bonds is 13. The fraction of sp³-hybridized carbons (Fsp3) is 0.333. The highest BCUT2D eigenvalue weighted by atomic mass is 33.1. The Morgan fingerprint density at radius 1 is 0.706 bits per heavy atom. The van der Waals surface area contributed by atoms with Crippen molar-refractivity contribution in [3.63, 3.8) is 0 Å². The van der Waals surface area contributed by atoms with Crippen molar-refractivity contribution in [2.45, 2.75) is 61.4 Å². The molecule has 0 bridgehead atoms. The maximum Gasteiger partial charge on any atom is 0.326 e. The zero-order valence-electron chi connectivity index (χ0n) is 18.9. The topological polar surface area (TPSA) is 133 Å². The van der Waals surface area contributed by atoms with Crippen LogP contribution < -0.4 is 10.6 Å². The maximum atomic E-state index is 12.8. The van der Waals surface area contributed by atoms with Crippen LogP contribution in [0.4, 0.5) is 0 Å². The highest BCUT2D eigenvalue weighted by molar-refractivity contribution is 8.76. The number of carboxylic acids is 2. The number of hydrogen-bond donors (Lipinski definition) is 4. The van der Waals surface area contributed by atoms with Gasteiger partial charge in [0.05, 0.1) is 11.1 Å². The smallest absolute Gasteiger partial charge is 0.326 e. The fourth-order valence-corrected chi connectivity index (χ4v) is 5.47. The lowest BCUT2D eigenvalue weighted by atomic mass is 10.1. The lowest BCUT2D eigenvalue weighted by molar-refractivity contribution is -0.140. The first-order chi connectivity index (χ1) is 16.3. The number of aliphatic carboxylic acids is 2. The molecule has 0 aliphatic carbocycles. The molecule has 0 saturated carbocycles. The molecule has 0 aliphatic rings. The van der Waals surface area contributed by atoms with Crippen molar-refractivity contribution in [1.29, 1.82) is 0 Å². The molecular formula is C24H28N2O6S2. The fourth-order valence-electron chi connectivity index (χ4n) is 3.11. The highest BCUT2D eigenvalue weighted by Crippen LogP contribution is 2.40. The van der Waals surface area contributed by atoms with Crippen LogP contribution in [0.15, 0.2) is 58.3 Å². The van der Waals surface area contributed by atoms with Crippen LogP contribution in [0.25, 0.3) is 0 Å². The number of hydrogen-bond acceptors (Lipinski definition) is 6. The van der Waals surface area contributed by atoms with Crippen LogP contribution in [0.1, 0.15) is 60.2 Å². The molecule has 0 fully saturated rings. The summed E-state index contributed by atoms with van der Waals surface area (Å²) in [5.74, 6) is -3.14. The predicted octanol–water partition coefficient (Wildman–Crippen LogP) is 4.45. The van der Waals surface area contributed by atoms with E-state index in [0.29, 0.717) is 46.6 Å². The van der Waals surface area contributed by atoms with E-state index >= 15 is 0 Å². The third-order valence-corrected chi connectivity index (χ3v) is 7.33. The Labute approximate surface area is 206 Å². The summed E-state index contributed by atoms with van der Waals surface area (Å²) in [6.45, 7) is 3.69. The standard InChI is InChI=1S/C24H28N2O6S2/c1-3-9-17(23(29)30)25-21(27)15-11-5-7-13-19(15)33-34-20-14-8-6-12-16(20)22(28)26-18(10-4-2)24(31)32/h5-8,11-14,17-18H,3-4,9-10H2,1-2H3,(H,25,27)(H,26,28)(H,29,30)(H,31,32)/t17-,18-/m0/s1. The molecule has 2 aromatic carbocycles. The minimum Gasteiger partial charge on any atom is -0.480 e. The van der Waals surface area contributed by atoms with Gasteiger partial charge in [0.1, 0.15) is 12.1 Å². The summed E-state index contributed by atoms with van der Waals surface area (Å²) in [7, 11) is 2.51. The molecular weight excluding hydrogens is 476 g/mol. The van der Waals surface area contributed by atoms with Gasteiger partial charge in [-0.3, -0.25) is 9.59 Å². The molecule has 2 atom stereocenters. The molecule has 2 rings (SSSR count). The molecule has 0 aromatic heterocycles. The summed E-state index contributed by atoms with van der Waals surface area (Å²) < 4.78 is 0. The number of amides is 2. The van der Waals surface area contributed by atoms with Gasteiger partial charge in [-0.2, -0.15) is 0 Å². The SMILES string of the molecule is CCC[C@H](NC(=O)c1ccccc1SSc1ccccc1C(=O)N[C@@H](CCC)C(=O)O)C(=O)O. The number of nitrogens with one attached hydrogen (secondary N) is 2. The van der Waals surface area contributed by atoms with Gasteiger partial charge in [0.15, 0.2) is 0 Å². The number of carboxylic acid groups (broad SMARTS) is 2. The molecule has 182 valence electrons. The zero-order chi connectivity index (χ0) is 25.1. The lowest BCUT2D eigenvalue weighted by Gasteiger charge is -2.16. The van der Waals surface area contributed by atoms with Gasteiger partial charge in [-0.05, 0) is 37.1 Å². The second-order valence-corrected chi connectivity index (χ2v) is 9.68. The van der Waals surface area contributed by atoms with Crippen LogP contribution in [0.2, 0.25) is 0 Å². The molecule has 4 N–H and O–H groups in total. The van der Waals surface area contributed by atoms with Gasteiger partial charge in [-0.1, -0.05) is 72.5 Å². The largest absolute Gasteiger partial charge is 0.480 e. The number of benzene rings is 2. The number of carbonyl (C=O) groups is 4. The van der Waals surface area contributed by atoms with Crippen molar-refractivity contribution < 1.29 is 29.4 Å². The summed E-state index contributed by atoms with van der Waals surface area (Å²) in [4.78, 5) is 49.6. The molecule has 34 heavy (non-hydrogen) atoms. The van der Waals surface area contributed by atoms with E-state index in [1.165, 1.54) is 21.6 Å². The summed E-state index contributed by atoms with van der Waals surface area (Å²) in [5, 5.41) is 23.8. The highest BCUT2D eigenvalue weighted by Gasteiger charge is 2.23. The molecule has 0 aliphatic heterocycles. The van der Waals surface area contributed by atoms with Crippen molar-refractivity contribution in [2.24, 2.45) is 0 Å². The normalized spacial score (nSPS) is 12.4. The Hall–Kier alpha value is -2.98. The van der Waals surface area contributed by atoms with Gasteiger partial charge < -0.3 is 20.8 Å². The van der Waals surface area contributed by atoms with Gasteiger partial charge in [-0.25, -0.2) is 9.59 Å². The summed E-state index contributed by atoms with van der Waals surface area (Å²) in [5.41, 5.74) is 0.663. The zero-order valence-corrected chi connectivity index (χ0v) is 20.6. The Kier molecular flexibility index (Phi) is 11.0. The van der Waals surface area contributed by atoms with Crippen molar-refractivity contribution in [1.82, 2.24) is 10.6 Å². The summed E-state index contributed by atoms with van der Waals surface area (Å²) >= 11 is 0. The average molecular weight is 505 g/mol. The van der Waals surface area contributed by atoms with E-state index < -0.39 is 35.8 Å². The van der Waals surface area contributed by atoms with Gasteiger partial charge in [0, 0.05) is 9.79 Å². The molecule has 2 aromatic rings. The Bertz CT molecular complexity index is 949. The summed E-state index contributed by atoms with van der Waals surface area (Å²) in [6.07, 6.45) is 1.87. The van der Waals surface area contributed by atoms with Crippen molar-refractivity contribution >= 4 is 45.3 Å². The van der Waals surface area contributed by atoms with Crippen molar-refractivity contribution in [3.05, 3.63) is 59.7 Å². The minimum absolute atomic E-state index is 0.322. The van der Waals surface area contributed by atoms with E-state index in [0.717, 1.165) is 0 Å². The summed E-state index contributed by atoms with van der Waals surface area (Å²) in [6, 6.07) is 11.7. The van der Waals surface area contributed by atoms with Crippen LogP contribution in [0.5, 0.6) is 0 Å². The van der Waals surface area contributed by atoms with Crippen molar-refractivity contribution in [3.8, 4) is 0 Å².